The van der Waals surface area contributed by atoms with E-state index < -0.39 is 0 Å². The number of hydrogen-bond acceptors (Lipinski definition) is 6. The van der Waals surface area contributed by atoms with Crippen LogP contribution in [0.4, 0.5) is 0 Å². The van der Waals surface area contributed by atoms with Gasteiger partial charge in [0, 0.05) is 6.54 Å². The van der Waals surface area contributed by atoms with Crippen LogP contribution >= 0.6 is 34.4 Å². The van der Waals surface area contributed by atoms with Crippen molar-refractivity contribution in [2.75, 3.05) is 0 Å². The summed E-state index contributed by atoms with van der Waals surface area (Å²) in [4.78, 5) is 21.8. The SMILES string of the molecule is CCn1c(SCc2nc3ccccc3s2)nc2ccsc2c1=O. The number of nitrogens with zero attached hydrogens (tertiary/aromatic N) is 3. The molecule has 0 aliphatic rings. The Balaban J connectivity index is 1.68. The number of aromatic nitrogens is 3. The molecule has 7 heteroatoms. The van der Waals surface area contributed by atoms with Crippen LogP contribution in [-0.4, -0.2) is 14.5 Å². The highest BCUT2D eigenvalue weighted by Gasteiger charge is 2.12. The number of thiophene rings is 1. The Morgan fingerprint density at radius 1 is 1.17 bits per heavy atom. The first-order valence-corrected chi connectivity index (χ1v) is 9.89. The van der Waals surface area contributed by atoms with Crippen molar-refractivity contribution < 1.29 is 0 Å². The van der Waals surface area contributed by atoms with Crippen molar-refractivity contribution in [2.45, 2.75) is 24.4 Å². The Morgan fingerprint density at radius 2 is 2.04 bits per heavy atom. The summed E-state index contributed by atoms with van der Waals surface area (Å²) in [6.07, 6.45) is 0. The van der Waals surface area contributed by atoms with Gasteiger partial charge in [0.05, 0.1) is 21.5 Å². The standard InChI is InChI=1S/C16H13N3OS3/c1-2-19-15(20)14-11(7-8-21-14)18-16(19)22-9-13-17-10-5-3-4-6-12(10)23-13/h3-8H,2,9H2,1H3. The maximum atomic E-state index is 12.5. The van der Waals surface area contributed by atoms with Gasteiger partial charge in [0.25, 0.3) is 5.56 Å². The lowest BCUT2D eigenvalue weighted by Crippen LogP contribution is -2.21. The molecule has 4 nitrogen and oxygen atoms in total. The molecule has 3 heterocycles. The van der Waals surface area contributed by atoms with Crippen molar-refractivity contribution in [1.29, 1.82) is 0 Å². The van der Waals surface area contributed by atoms with Gasteiger partial charge < -0.3 is 0 Å². The molecule has 116 valence electrons. The fourth-order valence-electron chi connectivity index (χ4n) is 2.42. The van der Waals surface area contributed by atoms with Gasteiger partial charge in [-0.05, 0) is 30.5 Å². The number of fused-ring (bicyclic) bond motifs is 2. The Kier molecular flexibility index (Phi) is 3.92. The van der Waals surface area contributed by atoms with E-state index in [1.165, 1.54) is 16.0 Å². The summed E-state index contributed by atoms with van der Waals surface area (Å²) in [7, 11) is 0. The normalized spacial score (nSPS) is 11.5. The third-order valence-electron chi connectivity index (χ3n) is 3.51. The lowest BCUT2D eigenvalue weighted by atomic mass is 10.3. The second-order valence-corrected chi connectivity index (χ2v) is 7.92. The van der Waals surface area contributed by atoms with E-state index >= 15 is 0 Å². The van der Waals surface area contributed by atoms with Gasteiger partial charge in [0.1, 0.15) is 9.71 Å². The van der Waals surface area contributed by atoms with Crippen LogP contribution in [0.3, 0.4) is 0 Å². The molecule has 0 bridgehead atoms. The van der Waals surface area contributed by atoms with Crippen LogP contribution in [0, 0.1) is 0 Å². The highest BCUT2D eigenvalue weighted by Crippen LogP contribution is 2.28. The van der Waals surface area contributed by atoms with Gasteiger partial charge in [-0.3, -0.25) is 9.36 Å². The average molecular weight is 360 g/mol. The molecule has 0 aliphatic heterocycles. The van der Waals surface area contributed by atoms with Crippen LogP contribution in [0.15, 0.2) is 45.7 Å². The molecule has 3 aromatic heterocycles. The van der Waals surface area contributed by atoms with E-state index in [2.05, 4.69) is 16.0 Å². The number of para-hydroxylation sites is 1. The molecule has 23 heavy (non-hydrogen) atoms. The molecule has 0 unspecified atom stereocenters. The van der Waals surface area contributed by atoms with Crippen LogP contribution < -0.4 is 5.56 Å². The molecular formula is C16H13N3OS3. The second kappa shape index (κ2) is 6.07. The van der Waals surface area contributed by atoms with Crippen LogP contribution in [0.2, 0.25) is 0 Å². The quantitative estimate of drug-likeness (QED) is 0.401. The van der Waals surface area contributed by atoms with Crippen molar-refractivity contribution >= 4 is 54.9 Å². The average Bonchev–Trinajstić information content (AvgIpc) is 3.19. The molecule has 4 aromatic rings. The van der Waals surface area contributed by atoms with E-state index in [9.17, 15) is 4.79 Å². The fraction of sp³-hybridized carbons (Fsp3) is 0.188. The number of benzene rings is 1. The number of rotatable bonds is 4. The van der Waals surface area contributed by atoms with E-state index in [4.69, 9.17) is 0 Å². The van der Waals surface area contributed by atoms with Gasteiger partial charge in [-0.25, -0.2) is 9.97 Å². The molecule has 0 spiro atoms. The van der Waals surface area contributed by atoms with Crippen LogP contribution in [0.25, 0.3) is 20.4 Å². The third-order valence-corrected chi connectivity index (χ3v) is 6.61. The monoisotopic (exact) mass is 359 g/mol. The van der Waals surface area contributed by atoms with Crippen molar-refractivity contribution in [2.24, 2.45) is 0 Å². The van der Waals surface area contributed by atoms with E-state index in [1.807, 2.05) is 36.6 Å². The van der Waals surface area contributed by atoms with Crippen LogP contribution in [-0.2, 0) is 12.3 Å². The fourth-order valence-corrected chi connectivity index (χ4v) is 5.22. The maximum absolute atomic E-state index is 12.5. The van der Waals surface area contributed by atoms with Gasteiger partial charge in [-0.15, -0.1) is 22.7 Å². The zero-order valence-electron chi connectivity index (χ0n) is 12.4. The highest BCUT2D eigenvalue weighted by molar-refractivity contribution is 7.98. The Bertz CT molecular complexity index is 1010. The first-order valence-electron chi connectivity index (χ1n) is 7.21. The summed E-state index contributed by atoms with van der Waals surface area (Å²) in [6, 6.07) is 10.0. The summed E-state index contributed by atoms with van der Waals surface area (Å²) < 4.78 is 3.67. The lowest BCUT2D eigenvalue weighted by Gasteiger charge is -2.08. The molecule has 0 atom stereocenters. The van der Waals surface area contributed by atoms with Crippen LogP contribution in [0.5, 0.6) is 0 Å². The smallest absolute Gasteiger partial charge is 0.272 e. The Morgan fingerprint density at radius 3 is 2.87 bits per heavy atom. The number of hydrogen-bond donors (Lipinski definition) is 0. The third kappa shape index (κ3) is 2.69. The summed E-state index contributed by atoms with van der Waals surface area (Å²) in [6.45, 7) is 2.60. The van der Waals surface area contributed by atoms with Crippen molar-refractivity contribution in [3.63, 3.8) is 0 Å². The molecular weight excluding hydrogens is 346 g/mol. The molecule has 0 saturated carbocycles. The molecule has 1 aromatic carbocycles. The first-order chi connectivity index (χ1) is 11.3. The number of thiazole rings is 1. The van der Waals surface area contributed by atoms with Gasteiger partial charge in [0.2, 0.25) is 0 Å². The summed E-state index contributed by atoms with van der Waals surface area (Å²) in [5.41, 5.74) is 1.87. The Hall–Kier alpha value is -1.70. The number of thioether (sulfide) groups is 1. The van der Waals surface area contributed by atoms with E-state index in [1.54, 1.807) is 27.7 Å². The molecule has 0 N–H and O–H groups in total. The summed E-state index contributed by atoms with van der Waals surface area (Å²) in [5.74, 6) is 0.724. The molecule has 0 fully saturated rings. The zero-order valence-corrected chi connectivity index (χ0v) is 14.8. The highest BCUT2D eigenvalue weighted by atomic mass is 32.2. The minimum atomic E-state index is 0.0549. The van der Waals surface area contributed by atoms with Gasteiger partial charge >= 0.3 is 0 Å². The second-order valence-electron chi connectivity index (χ2n) is 4.94. The van der Waals surface area contributed by atoms with E-state index in [-0.39, 0.29) is 5.56 Å². The lowest BCUT2D eigenvalue weighted by molar-refractivity contribution is 0.635. The minimum Gasteiger partial charge on any atom is -0.287 e. The Labute approximate surface area is 144 Å². The first kappa shape index (κ1) is 14.9. The molecule has 0 saturated heterocycles. The maximum Gasteiger partial charge on any atom is 0.272 e. The van der Waals surface area contributed by atoms with Crippen LogP contribution in [0.1, 0.15) is 11.9 Å². The molecule has 0 amide bonds. The summed E-state index contributed by atoms with van der Waals surface area (Å²) in [5, 5.41) is 3.74. The predicted octanol–water partition coefficient (Wildman–Crippen LogP) is 4.38. The molecule has 0 radical (unpaired) electrons. The predicted molar refractivity (Wildman–Crippen MR) is 98.7 cm³/mol. The van der Waals surface area contributed by atoms with Gasteiger partial charge in [0.15, 0.2) is 5.16 Å². The van der Waals surface area contributed by atoms with E-state index in [0.29, 0.717) is 6.54 Å². The largest absolute Gasteiger partial charge is 0.287 e. The zero-order chi connectivity index (χ0) is 15.8. The molecule has 4 rings (SSSR count). The summed E-state index contributed by atoms with van der Waals surface area (Å²) >= 11 is 4.73. The van der Waals surface area contributed by atoms with E-state index in [0.717, 1.165) is 31.7 Å². The van der Waals surface area contributed by atoms with Gasteiger partial charge in [-0.1, -0.05) is 23.9 Å². The topological polar surface area (TPSA) is 47.8 Å². The van der Waals surface area contributed by atoms with Crippen molar-refractivity contribution in [3.8, 4) is 0 Å². The van der Waals surface area contributed by atoms with Gasteiger partial charge in [-0.2, -0.15) is 0 Å². The van der Waals surface area contributed by atoms with Crippen molar-refractivity contribution in [3.05, 3.63) is 51.1 Å². The minimum absolute atomic E-state index is 0.0549. The molecule has 0 aliphatic carbocycles. The van der Waals surface area contributed by atoms with Crippen molar-refractivity contribution in [1.82, 2.24) is 14.5 Å².